The van der Waals surface area contributed by atoms with E-state index in [9.17, 15) is 4.79 Å². The molecule has 2 aromatic rings. The van der Waals surface area contributed by atoms with E-state index < -0.39 is 0 Å². The van der Waals surface area contributed by atoms with E-state index in [1.807, 2.05) is 51.1 Å². The molecule has 1 atom stereocenters. The van der Waals surface area contributed by atoms with E-state index >= 15 is 0 Å². The normalized spacial score (nSPS) is 15.6. The molecule has 1 aliphatic rings. The van der Waals surface area contributed by atoms with Gasteiger partial charge in [-0.25, -0.2) is 0 Å². The van der Waals surface area contributed by atoms with Crippen LogP contribution in [0.3, 0.4) is 0 Å². The quantitative estimate of drug-likeness (QED) is 0.302. The molecule has 0 bridgehead atoms. The molecule has 7 nitrogen and oxygen atoms in total. The van der Waals surface area contributed by atoms with Crippen LogP contribution in [-0.2, 0) is 11.2 Å². The second kappa shape index (κ2) is 14.3. The summed E-state index contributed by atoms with van der Waals surface area (Å²) < 4.78 is 11.2. The van der Waals surface area contributed by atoms with Crippen molar-refractivity contribution < 1.29 is 19.4 Å². The summed E-state index contributed by atoms with van der Waals surface area (Å²) in [6, 6.07) is 7.64. The highest BCUT2D eigenvalue weighted by molar-refractivity contribution is 6.22. The van der Waals surface area contributed by atoms with Crippen LogP contribution in [0, 0.1) is 11.3 Å². The molecule has 2 heterocycles. The number of hydrogen-bond donors (Lipinski definition) is 3. The fourth-order valence-electron chi connectivity index (χ4n) is 4.16. The number of nitrogens with two attached hydrogens (primary N) is 1. The van der Waals surface area contributed by atoms with Crippen molar-refractivity contribution in [3.8, 4) is 11.5 Å². The van der Waals surface area contributed by atoms with Crippen LogP contribution in [0.5, 0.6) is 11.5 Å². The van der Waals surface area contributed by atoms with Crippen LogP contribution >= 0.6 is 0 Å². The van der Waals surface area contributed by atoms with Gasteiger partial charge in [-0.15, -0.1) is 0 Å². The van der Waals surface area contributed by atoms with E-state index in [0.717, 1.165) is 34.6 Å². The standard InChI is InChI=1S/C27H33N3O3.C3H8O/c1-6-20(27(31)18-10-17-11-19(32-5)8-9-26(17)33-15-18)23-14-30-25(12-21(23)16(3)4)22(13-28)24(29)7-2;1-2-3-4/h6,8-9,11-14,16,18,28H,7,10,15,29H2,1-5H3;4H,2-3H2,1H3/b20-6+,24-22+,28-13?;. The molecule has 4 N–H and O–H groups in total. The molecule has 200 valence electrons. The topological polar surface area (TPSA) is 119 Å². The Labute approximate surface area is 220 Å². The van der Waals surface area contributed by atoms with E-state index in [1.165, 1.54) is 6.21 Å². The second-order valence-corrected chi connectivity index (χ2v) is 9.22. The van der Waals surface area contributed by atoms with Gasteiger partial charge in [0.1, 0.15) is 11.5 Å². The van der Waals surface area contributed by atoms with Crippen LogP contribution in [0.25, 0.3) is 11.1 Å². The van der Waals surface area contributed by atoms with E-state index in [2.05, 4.69) is 18.8 Å². The number of aliphatic hydroxyl groups is 1. The van der Waals surface area contributed by atoms with Gasteiger partial charge in [0, 0.05) is 41.4 Å². The molecule has 0 saturated heterocycles. The molecule has 0 spiro atoms. The van der Waals surface area contributed by atoms with E-state index in [4.69, 9.17) is 25.7 Å². The summed E-state index contributed by atoms with van der Waals surface area (Å²) in [6.07, 6.45) is 6.96. The SMILES string of the molecule is C/C=C(/C(=O)C1COc2ccc(OC)cc2C1)c1cnc(/C(C=N)=C(/N)CC)cc1C(C)C.CCCO. The van der Waals surface area contributed by atoms with Crippen molar-refractivity contribution in [2.75, 3.05) is 20.3 Å². The van der Waals surface area contributed by atoms with Gasteiger partial charge in [0.15, 0.2) is 5.78 Å². The van der Waals surface area contributed by atoms with Gasteiger partial charge in [-0.3, -0.25) is 9.78 Å². The Morgan fingerprint density at radius 1 is 1.32 bits per heavy atom. The summed E-state index contributed by atoms with van der Waals surface area (Å²) in [5, 5.41) is 15.7. The predicted octanol–water partition coefficient (Wildman–Crippen LogP) is 5.56. The molecule has 0 saturated carbocycles. The maximum absolute atomic E-state index is 13.6. The smallest absolute Gasteiger partial charge is 0.170 e. The lowest BCUT2D eigenvalue weighted by Gasteiger charge is -2.26. The van der Waals surface area contributed by atoms with Gasteiger partial charge in [0.05, 0.1) is 25.3 Å². The zero-order valence-corrected chi connectivity index (χ0v) is 22.9. The van der Waals surface area contributed by atoms with Crippen LogP contribution < -0.4 is 15.2 Å². The van der Waals surface area contributed by atoms with Gasteiger partial charge >= 0.3 is 0 Å². The van der Waals surface area contributed by atoms with Crippen molar-refractivity contribution in [3.05, 3.63) is 64.6 Å². The van der Waals surface area contributed by atoms with Crippen molar-refractivity contribution in [2.24, 2.45) is 11.7 Å². The maximum Gasteiger partial charge on any atom is 0.170 e. The molecule has 3 rings (SSSR count). The molecular weight excluding hydrogens is 466 g/mol. The first kappa shape index (κ1) is 29.8. The highest BCUT2D eigenvalue weighted by Gasteiger charge is 2.30. The Morgan fingerprint density at radius 2 is 2.03 bits per heavy atom. The number of hydrogen-bond acceptors (Lipinski definition) is 7. The van der Waals surface area contributed by atoms with Crippen molar-refractivity contribution in [1.82, 2.24) is 4.98 Å². The van der Waals surface area contributed by atoms with Crippen LogP contribution in [0.1, 0.15) is 75.8 Å². The molecule has 1 aromatic carbocycles. The number of benzene rings is 1. The molecule has 1 aliphatic heterocycles. The van der Waals surface area contributed by atoms with Crippen LogP contribution in [0.15, 0.2) is 42.2 Å². The number of pyridine rings is 1. The maximum atomic E-state index is 13.6. The van der Waals surface area contributed by atoms with Crippen LogP contribution in [-0.4, -0.2) is 42.4 Å². The molecular formula is C30H41N3O4. The Bertz CT molecular complexity index is 1150. The lowest BCUT2D eigenvalue weighted by Crippen LogP contribution is -2.29. The van der Waals surface area contributed by atoms with E-state index in [-0.39, 0.29) is 17.6 Å². The first-order chi connectivity index (χ1) is 17.8. The molecule has 0 radical (unpaired) electrons. The number of methoxy groups -OCH3 is 1. The van der Waals surface area contributed by atoms with Gasteiger partial charge < -0.3 is 25.7 Å². The average molecular weight is 508 g/mol. The van der Waals surface area contributed by atoms with E-state index in [0.29, 0.717) is 48.6 Å². The number of aliphatic hydroxyl groups excluding tert-OH is 1. The molecule has 0 amide bonds. The van der Waals surface area contributed by atoms with Gasteiger partial charge in [0.25, 0.3) is 0 Å². The first-order valence-corrected chi connectivity index (χ1v) is 12.9. The summed E-state index contributed by atoms with van der Waals surface area (Å²) >= 11 is 0. The molecule has 1 unspecified atom stereocenters. The Morgan fingerprint density at radius 3 is 2.57 bits per heavy atom. The number of carbonyl (C=O) groups is 1. The molecule has 37 heavy (non-hydrogen) atoms. The lowest BCUT2D eigenvalue weighted by molar-refractivity contribution is -0.118. The summed E-state index contributed by atoms with van der Waals surface area (Å²) in [7, 11) is 1.63. The fraction of sp³-hybridized carbons (Fsp3) is 0.433. The van der Waals surface area contributed by atoms with Crippen LogP contribution in [0.4, 0.5) is 0 Å². The highest BCUT2D eigenvalue weighted by Crippen LogP contribution is 2.35. The number of Topliss-reactive ketones (excluding diaryl/α,β-unsaturated/α-hetero) is 1. The number of nitrogens with zero attached hydrogens (tertiary/aromatic N) is 1. The molecule has 0 fully saturated rings. The Hall–Kier alpha value is -3.45. The Kier molecular flexibility index (Phi) is 11.5. The Balaban J connectivity index is 0.00000112. The summed E-state index contributed by atoms with van der Waals surface area (Å²) in [4.78, 5) is 18.2. The summed E-state index contributed by atoms with van der Waals surface area (Å²) in [6.45, 7) is 10.6. The molecule has 7 heteroatoms. The third kappa shape index (κ3) is 7.29. The summed E-state index contributed by atoms with van der Waals surface area (Å²) in [5.41, 5.74) is 11.4. The van der Waals surface area contributed by atoms with E-state index in [1.54, 1.807) is 13.3 Å². The lowest BCUT2D eigenvalue weighted by atomic mass is 9.84. The van der Waals surface area contributed by atoms with Gasteiger partial charge in [0.2, 0.25) is 0 Å². The number of fused-ring (bicyclic) bond motifs is 1. The minimum absolute atomic E-state index is 0.0401. The third-order valence-corrected chi connectivity index (χ3v) is 6.32. The zero-order valence-electron chi connectivity index (χ0n) is 22.9. The third-order valence-electron chi connectivity index (χ3n) is 6.32. The number of aromatic nitrogens is 1. The minimum Gasteiger partial charge on any atom is -0.497 e. The zero-order chi connectivity index (χ0) is 27.5. The van der Waals surface area contributed by atoms with Gasteiger partial charge in [-0.1, -0.05) is 33.8 Å². The van der Waals surface area contributed by atoms with Crippen molar-refractivity contribution in [1.29, 1.82) is 5.41 Å². The average Bonchev–Trinajstić information content (AvgIpc) is 2.93. The highest BCUT2D eigenvalue weighted by atomic mass is 16.5. The number of ether oxygens (including phenoxy) is 2. The largest absolute Gasteiger partial charge is 0.497 e. The van der Waals surface area contributed by atoms with Gasteiger partial charge in [-0.2, -0.15) is 0 Å². The predicted molar refractivity (Wildman–Crippen MR) is 150 cm³/mol. The van der Waals surface area contributed by atoms with Crippen molar-refractivity contribution in [3.63, 3.8) is 0 Å². The minimum atomic E-state index is -0.289. The van der Waals surface area contributed by atoms with Crippen molar-refractivity contribution in [2.45, 2.75) is 59.8 Å². The van der Waals surface area contributed by atoms with Crippen molar-refractivity contribution >= 4 is 23.1 Å². The molecule has 0 aliphatic carbocycles. The van der Waals surface area contributed by atoms with Gasteiger partial charge in [-0.05, 0) is 67.5 Å². The summed E-state index contributed by atoms with van der Waals surface area (Å²) in [5.74, 6) is 1.46. The molecule has 1 aromatic heterocycles. The number of carbonyl (C=O) groups excluding carboxylic acids is 1. The van der Waals surface area contributed by atoms with Crippen LogP contribution in [0.2, 0.25) is 0 Å². The number of ketones is 1. The number of allylic oxidation sites excluding steroid dienone is 4. The number of rotatable bonds is 9. The number of nitrogens with one attached hydrogen (secondary N) is 1. The second-order valence-electron chi connectivity index (χ2n) is 9.22. The fourth-order valence-corrected chi connectivity index (χ4v) is 4.16. The first-order valence-electron chi connectivity index (χ1n) is 12.9. The monoisotopic (exact) mass is 507 g/mol.